The van der Waals surface area contributed by atoms with Gasteiger partial charge in [-0.25, -0.2) is 8.42 Å². The van der Waals surface area contributed by atoms with Gasteiger partial charge >= 0.3 is 0 Å². The fourth-order valence-electron chi connectivity index (χ4n) is 5.77. The Morgan fingerprint density at radius 1 is 0.842 bits per heavy atom. The lowest BCUT2D eigenvalue weighted by Crippen LogP contribution is -2.38. The van der Waals surface area contributed by atoms with Crippen molar-refractivity contribution >= 4 is 44.0 Å². The monoisotopic (exact) mass is 545 g/mol. The van der Waals surface area contributed by atoms with Crippen molar-refractivity contribution < 1.29 is 13.2 Å². The predicted octanol–water partition coefficient (Wildman–Crippen LogP) is 5.06. The molecule has 3 aliphatic heterocycles. The molecular weight excluding hydrogens is 514 g/mol. The first-order valence-electron chi connectivity index (χ1n) is 13.2. The molecule has 3 saturated heterocycles. The fourth-order valence-corrected chi connectivity index (χ4v) is 9.68. The third-order valence-corrected chi connectivity index (χ3v) is 11.0. The van der Waals surface area contributed by atoms with Crippen LogP contribution < -0.4 is 9.80 Å². The quantitative estimate of drug-likeness (QED) is 0.446. The number of sulfone groups is 1. The van der Waals surface area contributed by atoms with Crippen molar-refractivity contribution in [1.29, 1.82) is 0 Å². The zero-order valence-corrected chi connectivity index (χ0v) is 22.8. The minimum absolute atomic E-state index is 0.0832. The second kappa shape index (κ2) is 10.6. The normalized spacial score (nSPS) is 24.1. The summed E-state index contributed by atoms with van der Waals surface area (Å²) < 4.78 is 24.8. The third-order valence-electron chi connectivity index (χ3n) is 7.76. The summed E-state index contributed by atoms with van der Waals surface area (Å²) in [6, 6.07) is 27.8. The van der Waals surface area contributed by atoms with Crippen LogP contribution in [0.25, 0.3) is 0 Å². The largest absolute Gasteiger partial charge is 0.372 e. The smallest absolute Gasteiger partial charge is 0.279 e. The number of amidine groups is 1. The van der Waals surface area contributed by atoms with Gasteiger partial charge in [0.05, 0.1) is 17.5 Å². The first-order valence-corrected chi connectivity index (χ1v) is 15.9. The molecule has 8 heteroatoms. The second-order valence-corrected chi connectivity index (χ2v) is 13.7. The Bertz CT molecular complexity index is 1420. The third kappa shape index (κ3) is 5.38. The van der Waals surface area contributed by atoms with Crippen molar-refractivity contribution in [2.45, 2.75) is 30.6 Å². The summed E-state index contributed by atoms with van der Waals surface area (Å²) in [5.74, 6) is 0.598. The van der Waals surface area contributed by atoms with Crippen molar-refractivity contribution in [3.05, 3.63) is 96.1 Å². The minimum Gasteiger partial charge on any atom is -0.372 e. The van der Waals surface area contributed by atoms with E-state index >= 15 is 0 Å². The van der Waals surface area contributed by atoms with E-state index in [1.807, 2.05) is 35.2 Å². The van der Waals surface area contributed by atoms with Gasteiger partial charge < -0.3 is 9.80 Å². The molecule has 3 heterocycles. The van der Waals surface area contributed by atoms with Crippen molar-refractivity contribution in [2.75, 3.05) is 34.4 Å². The minimum atomic E-state index is -3.11. The number of carbonyl (C=O) groups is 1. The number of thioether (sulfide) groups is 1. The molecule has 0 saturated carbocycles. The summed E-state index contributed by atoms with van der Waals surface area (Å²) in [5.41, 5.74) is 3.99. The molecule has 1 amide bonds. The molecule has 196 valence electrons. The Balaban J connectivity index is 1.18. The molecule has 3 aliphatic rings. The van der Waals surface area contributed by atoms with E-state index in [0.717, 1.165) is 25.2 Å². The van der Waals surface area contributed by atoms with Gasteiger partial charge in [-0.2, -0.15) is 4.99 Å². The van der Waals surface area contributed by atoms with Crippen LogP contribution in [0.5, 0.6) is 0 Å². The average molecular weight is 546 g/mol. The average Bonchev–Trinajstić information content (AvgIpc) is 3.41. The van der Waals surface area contributed by atoms with Crippen LogP contribution in [0.15, 0.2) is 89.9 Å². The maximum Gasteiger partial charge on any atom is 0.279 e. The molecule has 0 radical (unpaired) electrons. The highest BCUT2D eigenvalue weighted by Crippen LogP contribution is 2.41. The van der Waals surface area contributed by atoms with Gasteiger partial charge in [0, 0.05) is 35.3 Å². The number of aliphatic imine (C=N–C) groups is 1. The van der Waals surface area contributed by atoms with E-state index in [1.165, 1.54) is 35.9 Å². The van der Waals surface area contributed by atoms with Crippen LogP contribution in [0, 0.1) is 5.92 Å². The summed E-state index contributed by atoms with van der Waals surface area (Å²) in [5, 5.41) is 0.462. The van der Waals surface area contributed by atoms with Gasteiger partial charge in [-0.1, -0.05) is 60.3 Å². The Labute approximate surface area is 228 Å². The first kappa shape index (κ1) is 25.2. The highest BCUT2D eigenvalue weighted by Gasteiger charge is 2.49. The van der Waals surface area contributed by atoms with Crippen LogP contribution >= 0.6 is 11.8 Å². The number of nitrogens with zero attached hydrogens (tertiary/aromatic N) is 3. The predicted molar refractivity (Wildman–Crippen MR) is 156 cm³/mol. The van der Waals surface area contributed by atoms with Crippen molar-refractivity contribution in [3.63, 3.8) is 0 Å². The van der Waals surface area contributed by atoms with Crippen LogP contribution in [0.4, 0.5) is 11.4 Å². The van der Waals surface area contributed by atoms with Crippen LogP contribution in [0.3, 0.4) is 0 Å². The van der Waals surface area contributed by atoms with E-state index in [4.69, 9.17) is 0 Å². The molecule has 0 unspecified atom stereocenters. The number of carbonyl (C=O) groups excluding carboxylic acids is 1. The lowest BCUT2D eigenvalue weighted by molar-refractivity contribution is 0.100. The molecule has 3 aromatic rings. The fraction of sp³-hybridized carbons (Fsp3) is 0.333. The molecule has 6 nitrogen and oxygen atoms in total. The van der Waals surface area contributed by atoms with Crippen LogP contribution in [-0.2, 0) is 16.3 Å². The number of rotatable bonds is 5. The van der Waals surface area contributed by atoms with E-state index in [2.05, 4.69) is 52.4 Å². The maximum absolute atomic E-state index is 12.9. The Morgan fingerprint density at radius 2 is 1.47 bits per heavy atom. The van der Waals surface area contributed by atoms with Gasteiger partial charge in [-0.05, 0) is 67.1 Å². The molecule has 0 aromatic heterocycles. The molecule has 3 aromatic carbocycles. The number of benzene rings is 3. The number of anilines is 2. The molecule has 38 heavy (non-hydrogen) atoms. The number of amides is 1. The van der Waals surface area contributed by atoms with Gasteiger partial charge in [-0.3, -0.25) is 4.79 Å². The van der Waals surface area contributed by atoms with Gasteiger partial charge in [0.25, 0.3) is 5.91 Å². The number of fused-ring (bicyclic) bond motifs is 1. The lowest BCUT2D eigenvalue weighted by atomic mass is 9.90. The van der Waals surface area contributed by atoms with Crippen molar-refractivity contribution in [2.24, 2.45) is 10.9 Å². The van der Waals surface area contributed by atoms with Crippen LogP contribution in [0.1, 0.15) is 28.8 Å². The Morgan fingerprint density at radius 3 is 2.16 bits per heavy atom. The maximum atomic E-state index is 12.9. The summed E-state index contributed by atoms with van der Waals surface area (Å²) in [6.07, 6.45) is 3.47. The molecule has 0 spiro atoms. The summed E-state index contributed by atoms with van der Waals surface area (Å²) in [6.45, 7) is 2.05. The topological polar surface area (TPSA) is 70.0 Å². The zero-order chi connectivity index (χ0) is 26.1. The van der Waals surface area contributed by atoms with Crippen LogP contribution in [0.2, 0.25) is 0 Å². The molecule has 0 aliphatic carbocycles. The number of hydrogen-bond donors (Lipinski definition) is 0. The SMILES string of the molecule is O=C(N=C1S[C@@H]2CS(=O)(=O)C[C@@H]2N1c1ccc(N2CCC(Cc3ccccc3)CC2)cc1)c1ccccc1. The van der Waals surface area contributed by atoms with E-state index in [-0.39, 0.29) is 28.7 Å². The summed E-state index contributed by atoms with van der Waals surface area (Å²) in [4.78, 5) is 21.7. The van der Waals surface area contributed by atoms with Gasteiger partial charge in [0.15, 0.2) is 15.0 Å². The van der Waals surface area contributed by atoms with E-state index in [9.17, 15) is 13.2 Å². The molecule has 2 atom stereocenters. The molecule has 0 N–H and O–H groups in total. The lowest BCUT2D eigenvalue weighted by Gasteiger charge is -2.34. The van der Waals surface area contributed by atoms with Crippen molar-refractivity contribution in [3.8, 4) is 0 Å². The second-order valence-electron chi connectivity index (χ2n) is 10.4. The van der Waals surface area contributed by atoms with Crippen LogP contribution in [-0.4, -0.2) is 55.4 Å². The van der Waals surface area contributed by atoms with Gasteiger partial charge in [0.2, 0.25) is 0 Å². The molecule has 0 bridgehead atoms. The van der Waals surface area contributed by atoms with Gasteiger partial charge in [-0.15, -0.1) is 0 Å². The molecule has 3 fully saturated rings. The first-order chi connectivity index (χ1) is 18.4. The Hall–Kier alpha value is -3.10. The highest BCUT2D eigenvalue weighted by atomic mass is 32.2. The van der Waals surface area contributed by atoms with E-state index in [1.54, 1.807) is 12.1 Å². The standard InChI is InChI=1S/C30H31N3O3S2/c34-29(24-9-5-2-6-10-24)31-30-33(27-20-38(35,36)21-28(27)37-30)26-13-11-25(12-14-26)32-17-15-23(16-18-32)19-22-7-3-1-4-8-22/h1-14,23,27-28H,15-21H2/t27-,28+/m0/s1. The number of piperidine rings is 1. The van der Waals surface area contributed by atoms with Gasteiger partial charge in [0.1, 0.15) is 0 Å². The zero-order valence-electron chi connectivity index (χ0n) is 21.1. The summed E-state index contributed by atoms with van der Waals surface area (Å²) >= 11 is 1.41. The summed E-state index contributed by atoms with van der Waals surface area (Å²) in [7, 11) is -3.11. The Kier molecular flexibility index (Phi) is 7.01. The van der Waals surface area contributed by atoms with Crippen molar-refractivity contribution in [1.82, 2.24) is 0 Å². The highest BCUT2D eigenvalue weighted by molar-refractivity contribution is 8.16. The number of hydrogen-bond acceptors (Lipinski definition) is 5. The van der Waals surface area contributed by atoms with E-state index in [0.29, 0.717) is 16.6 Å². The van der Waals surface area contributed by atoms with E-state index < -0.39 is 9.84 Å². The molecular formula is C30H31N3O3S2. The molecule has 6 rings (SSSR count).